The van der Waals surface area contributed by atoms with Crippen molar-refractivity contribution in [3.63, 3.8) is 0 Å². The molecule has 0 saturated heterocycles. The Kier molecular flexibility index (Phi) is 55.5. The first-order valence-electron chi connectivity index (χ1n) is 28.4. The van der Waals surface area contributed by atoms with E-state index in [9.17, 15) is 9.59 Å². The Morgan fingerprint density at radius 2 is 0.643 bits per heavy atom. The van der Waals surface area contributed by atoms with Gasteiger partial charge in [-0.2, -0.15) is 0 Å². The zero-order valence-corrected chi connectivity index (χ0v) is 45.2. The van der Waals surface area contributed by atoms with Crippen LogP contribution in [0.3, 0.4) is 0 Å². The van der Waals surface area contributed by atoms with Crippen molar-refractivity contribution in [1.82, 2.24) is 0 Å². The van der Waals surface area contributed by atoms with Gasteiger partial charge in [0, 0.05) is 19.4 Å². The van der Waals surface area contributed by atoms with Crippen molar-refractivity contribution in [3.8, 4) is 0 Å². The highest BCUT2D eigenvalue weighted by Gasteiger charge is 2.17. The molecule has 1 atom stereocenters. The molecular weight excluding hydrogens is 861 g/mol. The molecule has 5 heteroatoms. The lowest BCUT2D eigenvalue weighted by molar-refractivity contribution is -0.163. The summed E-state index contributed by atoms with van der Waals surface area (Å²) in [5.41, 5.74) is 0. The molecule has 394 valence electrons. The maximum atomic E-state index is 12.8. The molecule has 0 fully saturated rings. The van der Waals surface area contributed by atoms with E-state index in [1.54, 1.807) is 0 Å². The van der Waals surface area contributed by atoms with Gasteiger partial charge in [0.25, 0.3) is 0 Å². The molecule has 5 nitrogen and oxygen atoms in total. The van der Waals surface area contributed by atoms with E-state index in [1.807, 2.05) is 0 Å². The molecule has 0 aliphatic heterocycles. The molecule has 70 heavy (non-hydrogen) atoms. The van der Waals surface area contributed by atoms with Gasteiger partial charge in [-0.15, -0.1) is 0 Å². The maximum absolute atomic E-state index is 12.8. The third-order valence-corrected chi connectivity index (χ3v) is 11.3. The number of carbonyl (C=O) groups excluding carboxylic acids is 2. The molecule has 0 heterocycles. The molecule has 0 aliphatic rings. The highest BCUT2D eigenvalue weighted by Crippen LogP contribution is 2.12. The SMILES string of the molecule is CC/C=C\C/C=C\C/C=C\C/C=C\C/C=C\CCCCCC(=O)OCC(COCCCCCCCCC/C=C\C/C=C\C/C=C\CCCCC)OC(=O)CCCC/C=C\C/C=C\C/C=C\C/C=C\CC. The van der Waals surface area contributed by atoms with Crippen molar-refractivity contribution >= 4 is 11.9 Å². The number of ether oxygens (including phenoxy) is 3. The van der Waals surface area contributed by atoms with Gasteiger partial charge in [-0.1, -0.05) is 218 Å². The van der Waals surface area contributed by atoms with Gasteiger partial charge in [0.2, 0.25) is 0 Å². The van der Waals surface area contributed by atoms with Crippen LogP contribution >= 0.6 is 0 Å². The average molecular weight is 966 g/mol. The van der Waals surface area contributed by atoms with Crippen molar-refractivity contribution in [1.29, 1.82) is 0 Å². The first kappa shape index (κ1) is 65.8. The third kappa shape index (κ3) is 56.4. The van der Waals surface area contributed by atoms with Crippen molar-refractivity contribution < 1.29 is 23.8 Å². The lowest BCUT2D eigenvalue weighted by Crippen LogP contribution is -2.30. The smallest absolute Gasteiger partial charge is 0.306 e. The standard InChI is InChI=1S/C65H104O5/c1-4-7-10-13-16-19-22-25-28-30-32-34-36-39-42-45-48-51-54-57-60-68-61-63(70-65(67)59-56-53-50-47-44-41-37-27-24-21-18-15-12-9-6-3)62-69-64(66)58-55-52-49-46-43-40-38-35-33-31-29-26-23-20-17-14-11-8-5-2/h8-9,11-12,16-21,25-29,32-35,37,40,43-44,47,63H,4-7,10,13-15,22-24,30-31,36,38-39,41-42,45-46,48-62H2,1-3H3/b11-8-,12-9-,19-16-,20-17-,21-18-,28-25-,29-26-,34-32-,35-33-,37-27-,43-40-,47-44-. The van der Waals surface area contributed by atoms with E-state index in [2.05, 4.69) is 167 Å². The first-order valence-corrected chi connectivity index (χ1v) is 28.4. The molecule has 0 amide bonds. The number of allylic oxidation sites excluding steroid dienone is 24. The quantitative estimate of drug-likeness (QED) is 0.0345. The van der Waals surface area contributed by atoms with Gasteiger partial charge in [0.1, 0.15) is 6.61 Å². The van der Waals surface area contributed by atoms with Crippen molar-refractivity contribution in [2.75, 3.05) is 19.8 Å². The molecule has 0 rings (SSSR count). The minimum absolute atomic E-state index is 0.0370. The molecule has 0 spiro atoms. The fourth-order valence-corrected chi connectivity index (χ4v) is 7.18. The summed E-state index contributed by atoms with van der Waals surface area (Å²) in [5.74, 6) is -0.498. The molecular formula is C65H104O5. The Labute approximate surface area is 431 Å². The largest absolute Gasteiger partial charge is 0.462 e. The monoisotopic (exact) mass is 965 g/mol. The van der Waals surface area contributed by atoms with Gasteiger partial charge in [-0.3, -0.25) is 9.59 Å². The molecule has 0 N–H and O–H groups in total. The fraction of sp³-hybridized carbons (Fsp3) is 0.600. The minimum Gasteiger partial charge on any atom is -0.462 e. The topological polar surface area (TPSA) is 61.8 Å². The van der Waals surface area contributed by atoms with E-state index in [1.165, 1.54) is 64.2 Å². The van der Waals surface area contributed by atoms with Crippen LogP contribution in [-0.2, 0) is 23.8 Å². The molecule has 0 radical (unpaired) electrons. The van der Waals surface area contributed by atoms with Gasteiger partial charge in [-0.25, -0.2) is 0 Å². The Morgan fingerprint density at radius 1 is 0.329 bits per heavy atom. The van der Waals surface area contributed by atoms with E-state index in [0.717, 1.165) is 128 Å². The second kappa shape index (κ2) is 59.1. The van der Waals surface area contributed by atoms with Crippen LogP contribution in [0, 0.1) is 0 Å². The predicted octanol–water partition coefficient (Wildman–Crippen LogP) is 19.7. The second-order valence-electron chi connectivity index (χ2n) is 18.1. The number of esters is 2. The summed E-state index contributed by atoms with van der Waals surface area (Å²) in [5, 5.41) is 0. The number of unbranched alkanes of at least 4 members (excludes halogenated alkanes) is 15. The van der Waals surface area contributed by atoms with Gasteiger partial charge in [-0.05, 0) is 141 Å². The number of carbonyl (C=O) groups is 2. The highest BCUT2D eigenvalue weighted by molar-refractivity contribution is 5.70. The summed E-state index contributed by atoms with van der Waals surface area (Å²) >= 11 is 0. The summed E-state index contributed by atoms with van der Waals surface area (Å²) in [4.78, 5) is 25.5. The summed E-state index contributed by atoms with van der Waals surface area (Å²) in [6.07, 6.45) is 85.8. The van der Waals surface area contributed by atoms with Crippen LogP contribution in [0.1, 0.15) is 226 Å². The van der Waals surface area contributed by atoms with Crippen LogP contribution in [0.5, 0.6) is 0 Å². The van der Waals surface area contributed by atoms with Gasteiger partial charge in [0.15, 0.2) is 6.10 Å². The van der Waals surface area contributed by atoms with E-state index in [0.29, 0.717) is 19.4 Å². The van der Waals surface area contributed by atoms with Crippen molar-refractivity contribution in [2.45, 2.75) is 232 Å². The van der Waals surface area contributed by atoms with Crippen LogP contribution in [0.2, 0.25) is 0 Å². The zero-order chi connectivity index (χ0) is 50.6. The second-order valence-corrected chi connectivity index (χ2v) is 18.1. The van der Waals surface area contributed by atoms with Gasteiger partial charge < -0.3 is 14.2 Å². The molecule has 1 unspecified atom stereocenters. The summed E-state index contributed by atoms with van der Waals surface area (Å²) in [7, 11) is 0. The van der Waals surface area contributed by atoms with Crippen molar-refractivity contribution in [2.24, 2.45) is 0 Å². The third-order valence-electron chi connectivity index (χ3n) is 11.3. The van der Waals surface area contributed by atoms with E-state index >= 15 is 0 Å². The van der Waals surface area contributed by atoms with Gasteiger partial charge >= 0.3 is 11.9 Å². The summed E-state index contributed by atoms with van der Waals surface area (Å²) in [6.45, 7) is 7.45. The minimum atomic E-state index is -0.589. The fourth-order valence-electron chi connectivity index (χ4n) is 7.18. The van der Waals surface area contributed by atoms with Gasteiger partial charge in [0.05, 0.1) is 6.61 Å². The molecule has 0 aromatic carbocycles. The Balaban J connectivity index is 4.44. The van der Waals surface area contributed by atoms with E-state index < -0.39 is 6.10 Å². The van der Waals surface area contributed by atoms with Crippen LogP contribution in [-0.4, -0.2) is 37.9 Å². The molecule has 0 saturated carbocycles. The van der Waals surface area contributed by atoms with Crippen LogP contribution in [0.15, 0.2) is 146 Å². The summed E-state index contributed by atoms with van der Waals surface area (Å²) in [6, 6.07) is 0. The highest BCUT2D eigenvalue weighted by atomic mass is 16.6. The first-order chi connectivity index (χ1) is 34.6. The lowest BCUT2D eigenvalue weighted by Gasteiger charge is -2.18. The molecule has 0 aliphatic carbocycles. The normalized spacial score (nSPS) is 13.4. The zero-order valence-electron chi connectivity index (χ0n) is 45.2. The predicted molar refractivity (Wildman–Crippen MR) is 306 cm³/mol. The van der Waals surface area contributed by atoms with Crippen LogP contribution in [0.25, 0.3) is 0 Å². The number of hydrogen-bond acceptors (Lipinski definition) is 5. The number of rotatable bonds is 50. The van der Waals surface area contributed by atoms with Crippen molar-refractivity contribution in [3.05, 3.63) is 146 Å². The Hall–Kier alpha value is -4.22. The Morgan fingerprint density at radius 3 is 1.06 bits per heavy atom. The molecule has 0 aromatic heterocycles. The Bertz CT molecular complexity index is 1510. The maximum Gasteiger partial charge on any atom is 0.306 e. The van der Waals surface area contributed by atoms with Crippen LogP contribution in [0.4, 0.5) is 0 Å². The van der Waals surface area contributed by atoms with E-state index in [4.69, 9.17) is 14.2 Å². The van der Waals surface area contributed by atoms with E-state index in [-0.39, 0.29) is 25.2 Å². The van der Waals surface area contributed by atoms with Crippen LogP contribution < -0.4 is 0 Å². The number of hydrogen-bond donors (Lipinski definition) is 0. The molecule has 0 bridgehead atoms. The lowest BCUT2D eigenvalue weighted by atomic mass is 10.1. The average Bonchev–Trinajstić information content (AvgIpc) is 3.36. The molecule has 0 aromatic rings. The summed E-state index contributed by atoms with van der Waals surface area (Å²) < 4.78 is 17.4.